The number of imidazole rings is 1. The molecule has 0 spiro atoms. The van der Waals surface area contributed by atoms with Crippen molar-refractivity contribution in [3.63, 3.8) is 0 Å². The zero-order valence-corrected chi connectivity index (χ0v) is 16.6. The van der Waals surface area contributed by atoms with Gasteiger partial charge in [0.1, 0.15) is 5.82 Å². The third-order valence-corrected chi connectivity index (χ3v) is 4.91. The van der Waals surface area contributed by atoms with Gasteiger partial charge in [0, 0.05) is 18.0 Å². The lowest BCUT2D eigenvalue weighted by molar-refractivity contribution is -0.120. The molecule has 5 heteroatoms. The predicted octanol–water partition coefficient (Wildman–Crippen LogP) is 4.39. The quantitative estimate of drug-likeness (QED) is 0.432. The molecule has 0 saturated heterocycles. The fraction of sp³-hybridized carbons (Fsp3) is 0.304. The van der Waals surface area contributed by atoms with Crippen molar-refractivity contribution in [2.24, 2.45) is 0 Å². The first-order valence-electron chi connectivity index (χ1n) is 9.56. The van der Waals surface area contributed by atoms with E-state index in [1.807, 2.05) is 30.3 Å². The number of carbonyl (C=O) groups excluding carboxylic acids is 1. The molecule has 0 aliphatic carbocycles. The molecule has 0 saturated carbocycles. The molecule has 3 aromatic rings. The molecule has 1 N–H and O–H groups in total. The summed E-state index contributed by atoms with van der Waals surface area (Å²) >= 11 is 5.86. The van der Waals surface area contributed by atoms with Crippen molar-refractivity contribution in [1.29, 1.82) is 0 Å². The van der Waals surface area contributed by atoms with Crippen molar-refractivity contribution in [3.8, 4) is 12.3 Å². The second kappa shape index (κ2) is 9.96. The van der Waals surface area contributed by atoms with E-state index in [2.05, 4.69) is 21.9 Å². The van der Waals surface area contributed by atoms with Gasteiger partial charge in [-0.2, -0.15) is 0 Å². The number of aromatic nitrogens is 2. The summed E-state index contributed by atoms with van der Waals surface area (Å²) in [5.74, 6) is 3.79. The molecule has 144 valence electrons. The van der Waals surface area contributed by atoms with Gasteiger partial charge in [-0.15, -0.1) is 6.42 Å². The fourth-order valence-corrected chi connectivity index (χ4v) is 3.37. The molecule has 2 aromatic carbocycles. The largest absolute Gasteiger partial charge is 0.356 e. The Balaban J connectivity index is 1.40. The Hall–Kier alpha value is -2.77. The van der Waals surface area contributed by atoms with Crippen molar-refractivity contribution in [2.75, 3.05) is 6.54 Å². The minimum atomic E-state index is 0.0399. The van der Waals surface area contributed by atoms with Crippen molar-refractivity contribution < 1.29 is 4.79 Å². The molecule has 0 radical (unpaired) electrons. The van der Waals surface area contributed by atoms with Crippen molar-refractivity contribution >= 4 is 28.5 Å². The van der Waals surface area contributed by atoms with Crippen LogP contribution in [0.5, 0.6) is 0 Å². The second-order valence-electron chi connectivity index (χ2n) is 6.77. The van der Waals surface area contributed by atoms with Crippen LogP contribution in [0.15, 0.2) is 48.5 Å². The van der Waals surface area contributed by atoms with Crippen LogP contribution in [-0.2, 0) is 24.2 Å². The van der Waals surface area contributed by atoms with E-state index >= 15 is 0 Å². The van der Waals surface area contributed by atoms with Crippen LogP contribution in [0, 0.1) is 12.3 Å². The standard InChI is InChI=1S/C23H24ClN3O/c1-2-16-27-21-9-6-5-8-20(21)26-22(27)10-4-3-7-15-25-23(28)17-18-11-13-19(24)14-12-18/h1,5-6,8-9,11-14H,3-4,7,10,15-17H2,(H,25,28). The lowest BCUT2D eigenvalue weighted by Crippen LogP contribution is -2.26. The molecular formula is C23H24ClN3O. The lowest BCUT2D eigenvalue weighted by atomic mass is 10.1. The maximum absolute atomic E-state index is 12.0. The molecule has 0 atom stereocenters. The Kier molecular flexibility index (Phi) is 7.11. The Labute approximate surface area is 170 Å². The van der Waals surface area contributed by atoms with Crippen molar-refractivity contribution in [3.05, 3.63) is 64.9 Å². The zero-order valence-electron chi connectivity index (χ0n) is 15.8. The molecule has 0 aliphatic rings. The van der Waals surface area contributed by atoms with Crippen LogP contribution in [0.4, 0.5) is 0 Å². The molecule has 0 fully saturated rings. The zero-order chi connectivity index (χ0) is 19.8. The smallest absolute Gasteiger partial charge is 0.224 e. The number of benzene rings is 2. The van der Waals surface area contributed by atoms with E-state index in [0.717, 1.165) is 48.1 Å². The highest BCUT2D eigenvalue weighted by Gasteiger charge is 2.09. The summed E-state index contributed by atoms with van der Waals surface area (Å²) in [6.45, 7) is 1.23. The molecule has 1 aromatic heterocycles. The third kappa shape index (κ3) is 5.37. The number of aryl methyl sites for hydroxylation is 1. The Morgan fingerprint density at radius 1 is 1.11 bits per heavy atom. The Morgan fingerprint density at radius 3 is 2.68 bits per heavy atom. The summed E-state index contributed by atoms with van der Waals surface area (Å²) in [7, 11) is 0. The van der Waals surface area contributed by atoms with E-state index in [1.54, 1.807) is 12.1 Å². The van der Waals surface area contributed by atoms with Crippen molar-refractivity contribution in [1.82, 2.24) is 14.9 Å². The first-order chi connectivity index (χ1) is 13.7. The molecule has 0 aliphatic heterocycles. The summed E-state index contributed by atoms with van der Waals surface area (Å²) in [6.07, 6.45) is 9.78. The highest BCUT2D eigenvalue weighted by Crippen LogP contribution is 2.17. The van der Waals surface area contributed by atoms with Gasteiger partial charge in [-0.3, -0.25) is 4.79 Å². The number of unbranched alkanes of at least 4 members (excludes halogenated alkanes) is 2. The van der Waals surface area contributed by atoms with Crippen LogP contribution < -0.4 is 5.32 Å². The maximum atomic E-state index is 12.0. The number of rotatable bonds is 9. The number of terminal acetylenes is 1. The van der Waals surface area contributed by atoms with Crippen LogP contribution in [-0.4, -0.2) is 22.0 Å². The first-order valence-corrected chi connectivity index (χ1v) is 9.94. The molecule has 1 amide bonds. The summed E-state index contributed by atoms with van der Waals surface area (Å²) in [5, 5.41) is 3.66. The molecular weight excluding hydrogens is 370 g/mol. The minimum Gasteiger partial charge on any atom is -0.356 e. The van der Waals surface area contributed by atoms with Crippen LogP contribution in [0.1, 0.15) is 30.7 Å². The van der Waals surface area contributed by atoms with Gasteiger partial charge in [0.2, 0.25) is 5.91 Å². The van der Waals surface area contributed by atoms with E-state index in [4.69, 9.17) is 23.0 Å². The van der Waals surface area contributed by atoms with Crippen molar-refractivity contribution in [2.45, 2.75) is 38.6 Å². The number of para-hydroxylation sites is 2. The van der Waals surface area contributed by atoms with Gasteiger partial charge in [0.25, 0.3) is 0 Å². The van der Waals surface area contributed by atoms with Gasteiger partial charge in [-0.25, -0.2) is 4.98 Å². The number of hydrogen-bond donors (Lipinski definition) is 1. The second-order valence-corrected chi connectivity index (χ2v) is 7.21. The monoisotopic (exact) mass is 393 g/mol. The Bertz CT molecular complexity index is 970. The average molecular weight is 394 g/mol. The van der Waals surface area contributed by atoms with E-state index in [9.17, 15) is 4.79 Å². The first kappa shape index (κ1) is 20.0. The molecule has 3 rings (SSSR count). The highest BCUT2D eigenvalue weighted by atomic mass is 35.5. The molecule has 1 heterocycles. The fourth-order valence-electron chi connectivity index (χ4n) is 3.25. The number of fused-ring (bicyclic) bond motifs is 1. The van der Waals surface area contributed by atoms with Gasteiger partial charge in [-0.05, 0) is 42.7 Å². The lowest BCUT2D eigenvalue weighted by Gasteiger charge is -2.07. The minimum absolute atomic E-state index is 0.0399. The topological polar surface area (TPSA) is 46.9 Å². The third-order valence-electron chi connectivity index (χ3n) is 4.66. The van der Waals surface area contributed by atoms with Crippen LogP contribution in [0.3, 0.4) is 0 Å². The maximum Gasteiger partial charge on any atom is 0.224 e. The van der Waals surface area contributed by atoms with Gasteiger partial charge in [0.05, 0.1) is 24.0 Å². The van der Waals surface area contributed by atoms with E-state index < -0.39 is 0 Å². The number of nitrogens with zero attached hydrogens (tertiary/aromatic N) is 2. The van der Waals surface area contributed by atoms with Gasteiger partial charge in [-0.1, -0.05) is 48.2 Å². The summed E-state index contributed by atoms with van der Waals surface area (Å²) in [4.78, 5) is 16.7. The Morgan fingerprint density at radius 2 is 1.89 bits per heavy atom. The highest BCUT2D eigenvalue weighted by molar-refractivity contribution is 6.30. The molecule has 0 unspecified atom stereocenters. The summed E-state index contributed by atoms with van der Waals surface area (Å²) < 4.78 is 2.11. The number of carbonyl (C=O) groups is 1. The van der Waals surface area contributed by atoms with E-state index in [0.29, 0.717) is 24.5 Å². The normalized spacial score (nSPS) is 10.7. The van der Waals surface area contributed by atoms with Crippen LogP contribution in [0.25, 0.3) is 11.0 Å². The van der Waals surface area contributed by atoms with Gasteiger partial charge >= 0.3 is 0 Å². The number of halogens is 1. The number of amides is 1. The number of nitrogens with one attached hydrogen (secondary N) is 1. The molecule has 0 bridgehead atoms. The average Bonchev–Trinajstić information content (AvgIpc) is 3.04. The van der Waals surface area contributed by atoms with Crippen LogP contribution >= 0.6 is 11.6 Å². The molecule has 4 nitrogen and oxygen atoms in total. The molecule has 28 heavy (non-hydrogen) atoms. The summed E-state index contributed by atoms with van der Waals surface area (Å²) in [6, 6.07) is 15.4. The van der Waals surface area contributed by atoms with Gasteiger partial charge in [0.15, 0.2) is 0 Å². The predicted molar refractivity (Wildman–Crippen MR) is 114 cm³/mol. The number of hydrogen-bond acceptors (Lipinski definition) is 2. The van der Waals surface area contributed by atoms with E-state index in [1.165, 1.54) is 0 Å². The summed E-state index contributed by atoms with van der Waals surface area (Å²) in [5.41, 5.74) is 3.04. The van der Waals surface area contributed by atoms with Gasteiger partial charge < -0.3 is 9.88 Å². The van der Waals surface area contributed by atoms with E-state index in [-0.39, 0.29) is 5.91 Å². The SMILES string of the molecule is C#CCn1c(CCCCCNC(=O)Cc2ccc(Cl)cc2)nc2ccccc21. The van der Waals surface area contributed by atoms with Crippen LogP contribution in [0.2, 0.25) is 5.02 Å².